The molecule has 0 saturated carbocycles. The molecule has 0 unspecified atom stereocenters. The van der Waals surface area contributed by atoms with Crippen molar-refractivity contribution in [1.29, 1.82) is 0 Å². The Morgan fingerprint density at radius 3 is 2.63 bits per heavy atom. The number of aromatic nitrogens is 2. The molecular weight excluding hydrogens is 238 g/mol. The van der Waals surface area contributed by atoms with Crippen molar-refractivity contribution in [2.75, 3.05) is 13.1 Å². The minimum atomic E-state index is -0.677. The molecule has 1 aromatic heterocycles. The molecule has 4 heteroatoms. The summed E-state index contributed by atoms with van der Waals surface area (Å²) in [7, 11) is 0. The van der Waals surface area contributed by atoms with Gasteiger partial charge in [0.1, 0.15) is 0 Å². The van der Waals surface area contributed by atoms with Gasteiger partial charge < -0.3 is 15.4 Å². The predicted octanol–water partition coefficient (Wildman–Crippen LogP) is 2.20. The lowest BCUT2D eigenvalue weighted by atomic mass is 9.84. The topological polar surface area (TPSA) is 60.9 Å². The van der Waals surface area contributed by atoms with Crippen molar-refractivity contribution < 1.29 is 5.11 Å². The zero-order chi connectivity index (χ0) is 14.1. The Morgan fingerprint density at radius 2 is 1.95 bits per heavy atom. The van der Waals surface area contributed by atoms with Crippen LogP contribution in [0.3, 0.4) is 0 Å². The quantitative estimate of drug-likeness (QED) is 0.773. The van der Waals surface area contributed by atoms with Crippen LogP contribution in [0.25, 0.3) is 11.0 Å². The second-order valence-electron chi connectivity index (χ2n) is 6.43. The van der Waals surface area contributed by atoms with Crippen LogP contribution in [-0.4, -0.2) is 33.8 Å². The molecule has 0 amide bonds. The number of aromatic amines is 1. The minimum Gasteiger partial charge on any atom is -0.389 e. The number of hydrogen-bond donors (Lipinski definition) is 3. The minimum absolute atomic E-state index is 0.00451. The van der Waals surface area contributed by atoms with E-state index in [1.807, 2.05) is 19.9 Å². The van der Waals surface area contributed by atoms with Crippen LogP contribution in [0.2, 0.25) is 0 Å². The van der Waals surface area contributed by atoms with Crippen LogP contribution >= 0.6 is 0 Å². The molecule has 19 heavy (non-hydrogen) atoms. The van der Waals surface area contributed by atoms with E-state index in [0.717, 1.165) is 17.6 Å². The van der Waals surface area contributed by atoms with Crippen LogP contribution in [0.4, 0.5) is 0 Å². The van der Waals surface area contributed by atoms with Gasteiger partial charge in [0, 0.05) is 18.5 Å². The summed E-state index contributed by atoms with van der Waals surface area (Å²) in [5, 5.41) is 13.1. The third kappa shape index (κ3) is 3.55. The van der Waals surface area contributed by atoms with Crippen LogP contribution in [0.5, 0.6) is 0 Å². The summed E-state index contributed by atoms with van der Waals surface area (Å²) >= 11 is 0. The molecule has 0 atom stereocenters. The molecule has 2 aromatic rings. The van der Waals surface area contributed by atoms with Crippen molar-refractivity contribution in [3.05, 3.63) is 30.1 Å². The van der Waals surface area contributed by atoms with Gasteiger partial charge in [0.2, 0.25) is 0 Å². The number of H-pyrrole nitrogens is 1. The molecule has 0 radical (unpaired) electrons. The molecule has 0 fully saturated rings. The molecule has 0 saturated heterocycles. The van der Waals surface area contributed by atoms with Crippen molar-refractivity contribution in [3.8, 4) is 0 Å². The summed E-state index contributed by atoms with van der Waals surface area (Å²) < 4.78 is 0. The second kappa shape index (κ2) is 4.94. The van der Waals surface area contributed by atoms with Gasteiger partial charge in [0.15, 0.2) is 0 Å². The second-order valence-corrected chi connectivity index (χ2v) is 6.43. The molecular formula is C15H23N3O. The van der Waals surface area contributed by atoms with Gasteiger partial charge >= 0.3 is 0 Å². The first-order valence-electron chi connectivity index (χ1n) is 6.65. The predicted molar refractivity (Wildman–Crippen MR) is 78.3 cm³/mol. The van der Waals surface area contributed by atoms with Crippen LogP contribution in [0.1, 0.15) is 33.3 Å². The van der Waals surface area contributed by atoms with Crippen molar-refractivity contribution in [2.24, 2.45) is 0 Å². The Bertz CT molecular complexity index is 552. The molecule has 0 aliphatic heterocycles. The molecule has 3 N–H and O–H groups in total. The number of rotatable bonds is 5. The Morgan fingerprint density at radius 1 is 1.21 bits per heavy atom. The molecule has 1 heterocycles. The van der Waals surface area contributed by atoms with E-state index in [0.29, 0.717) is 6.54 Å². The number of aliphatic hydroxyl groups is 1. The van der Waals surface area contributed by atoms with Crippen molar-refractivity contribution in [3.63, 3.8) is 0 Å². The van der Waals surface area contributed by atoms with Crippen molar-refractivity contribution in [2.45, 2.75) is 38.7 Å². The van der Waals surface area contributed by atoms with Crippen molar-refractivity contribution >= 4 is 11.0 Å². The Labute approximate surface area is 114 Å². The fraction of sp³-hybridized carbons (Fsp3) is 0.533. The van der Waals surface area contributed by atoms with Gasteiger partial charge in [-0.25, -0.2) is 4.98 Å². The highest BCUT2D eigenvalue weighted by molar-refractivity contribution is 5.75. The first-order chi connectivity index (χ1) is 8.78. The number of benzene rings is 1. The molecule has 0 aliphatic carbocycles. The summed E-state index contributed by atoms with van der Waals surface area (Å²) in [6.45, 7) is 9.41. The Hall–Kier alpha value is -1.39. The standard InChI is InChI=1S/C15H23N3O/c1-14(2,8-16-9-15(3,4)19)11-5-6-12-13(7-11)18-10-17-12/h5-7,10,16,19H,8-9H2,1-4H3,(H,17,18). The van der Waals surface area contributed by atoms with E-state index in [9.17, 15) is 5.11 Å². The van der Waals surface area contributed by atoms with Crippen molar-refractivity contribution in [1.82, 2.24) is 15.3 Å². The number of nitrogens with zero attached hydrogens (tertiary/aromatic N) is 1. The normalized spacial score (nSPS) is 13.1. The summed E-state index contributed by atoms with van der Waals surface area (Å²) in [5.41, 5.74) is 2.64. The molecule has 4 nitrogen and oxygen atoms in total. The monoisotopic (exact) mass is 261 g/mol. The van der Waals surface area contributed by atoms with Gasteiger partial charge in [0.25, 0.3) is 0 Å². The highest BCUT2D eigenvalue weighted by Gasteiger charge is 2.22. The maximum atomic E-state index is 9.72. The van der Waals surface area contributed by atoms with Gasteiger partial charge in [-0.1, -0.05) is 19.9 Å². The number of hydrogen-bond acceptors (Lipinski definition) is 3. The maximum Gasteiger partial charge on any atom is 0.0931 e. The summed E-state index contributed by atoms with van der Waals surface area (Å²) in [5.74, 6) is 0. The largest absolute Gasteiger partial charge is 0.389 e. The van der Waals surface area contributed by atoms with Gasteiger partial charge in [0.05, 0.1) is 23.0 Å². The lowest BCUT2D eigenvalue weighted by Crippen LogP contribution is -2.41. The van der Waals surface area contributed by atoms with Crippen LogP contribution in [-0.2, 0) is 5.41 Å². The van der Waals surface area contributed by atoms with Gasteiger partial charge in [-0.3, -0.25) is 0 Å². The smallest absolute Gasteiger partial charge is 0.0931 e. The van der Waals surface area contributed by atoms with Crippen LogP contribution < -0.4 is 5.32 Å². The summed E-state index contributed by atoms with van der Waals surface area (Å²) in [4.78, 5) is 7.37. The van der Waals surface area contributed by atoms with Gasteiger partial charge in [-0.15, -0.1) is 0 Å². The third-order valence-corrected chi connectivity index (χ3v) is 3.33. The molecule has 0 spiro atoms. The van der Waals surface area contributed by atoms with Crippen LogP contribution in [0, 0.1) is 0 Å². The van der Waals surface area contributed by atoms with Crippen LogP contribution in [0.15, 0.2) is 24.5 Å². The van der Waals surface area contributed by atoms with E-state index in [2.05, 4.69) is 41.3 Å². The first-order valence-corrected chi connectivity index (χ1v) is 6.65. The molecule has 0 bridgehead atoms. The van der Waals surface area contributed by atoms with E-state index in [4.69, 9.17) is 0 Å². The lowest BCUT2D eigenvalue weighted by Gasteiger charge is -2.28. The van der Waals surface area contributed by atoms with E-state index in [1.54, 1.807) is 6.33 Å². The third-order valence-electron chi connectivity index (χ3n) is 3.33. The summed E-state index contributed by atoms with van der Waals surface area (Å²) in [6.07, 6.45) is 1.72. The molecule has 104 valence electrons. The first kappa shape index (κ1) is 14.0. The van der Waals surface area contributed by atoms with E-state index in [1.165, 1.54) is 5.56 Å². The van der Waals surface area contributed by atoms with E-state index < -0.39 is 5.60 Å². The SMILES string of the molecule is CC(C)(O)CNCC(C)(C)c1ccc2nc[nH]c2c1. The zero-order valence-electron chi connectivity index (χ0n) is 12.1. The number of imidazole rings is 1. The highest BCUT2D eigenvalue weighted by atomic mass is 16.3. The average molecular weight is 261 g/mol. The maximum absolute atomic E-state index is 9.72. The Kier molecular flexibility index (Phi) is 3.65. The molecule has 0 aliphatic rings. The van der Waals surface area contributed by atoms with Gasteiger partial charge in [-0.05, 0) is 31.5 Å². The number of nitrogens with one attached hydrogen (secondary N) is 2. The van der Waals surface area contributed by atoms with E-state index in [-0.39, 0.29) is 5.41 Å². The van der Waals surface area contributed by atoms with Gasteiger partial charge in [-0.2, -0.15) is 0 Å². The summed E-state index contributed by atoms with van der Waals surface area (Å²) in [6, 6.07) is 6.31. The zero-order valence-corrected chi connectivity index (χ0v) is 12.1. The lowest BCUT2D eigenvalue weighted by molar-refractivity contribution is 0.0785. The molecule has 1 aromatic carbocycles. The van der Waals surface area contributed by atoms with E-state index >= 15 is 0 Å². The highest BCUT2D eigenvalue weighted by Crippen LogP contribution is 2.25. The number of fused-ring (bicyclic) bond motifs is 1. The average Bonchev–Trinajstić information content (AvgIpc) is 2.73. The Balaban J connectivity index is 2.09. The fourth-order valence-corrected chi connectivity index (χ4v) is 2.14. The molecule has 2 rings (SSSR count). The fourth-order valence-electron chi connectivity index (χ4n) is 2.14.